The van der Waals surface area contributed by atoms with Crippen LogP contribution in [0.5, 0.6) is 0 Å². The molecule has 0 bridgehead atoms. The van der Waals surface area contributed by atoms with E-state index >= 15 is 0 Å². The minimum absolute atomic E-state index is 0.176. The van der Waals surface area contributed by atoms with Gasteiger partial charge < -0.3 is 14.6 Å². The lowest BCUT2D eigenvalue weighted by Crippen LogP contribution is -2.50. The highest BCUT2D eigenvalue weighted by Gasteiger charge is 2.46. The molecule has 1 saturated heterocycles. The highest BCUT2D eigenvalue weighted by Crippen LogP contribution is 2.27. The van der Waals surface area contributed by atoms with Gasteiger partial charge in [0.2, 0.25) is 0 Å². The second-order valence-corrected chi connectivity index (χ2v) is 5.59. The van der Waals surface area contributed by atoms with Crippen LogP contribution in [0.25, 0.3) is 0 Å². The van der Waals surface area contributed by atoms with E-state index in [1.165, 1.54) is 0 Å². The molecule has 0 spiro atoms. The van der Waals surface area contributed by atoms with Gasteiger partial charge in [-0.1, -0.05) is 0 Å². The first-order valence-corrected chi connectivity index (χ1v) is 6.58. The van der Waals surface area contributed by atoms with Crippen molar-refractivity contribution in [3.63, 3.8) is 0 Å². The summed E-state index contributed by atoms with van der Waals surface area (Å²) >= 11 is 0. The molecule has 1 fully saturated rings. The van der Waals surface area contributed by atoms with Gasteiger partial charge in [0, 0.05) is 0 Å². The van der Waals surface area contributed by atoms with Gasteiger partial charge in [0.15, 0.2) is 0 Å². The highest BCUT2D eigenvalue weighted by molar-refractivity contribution is 5.87. The predicted molar refractivity (Wildman–Crippen MR) is 69.2 cm³/mol. The van der Waals surface area contributed by atoms with Crippen molar-refractivity contribution in [2.75, 3.05) is 6.61 Å². The number of hydrogen-bond donors (Lipinski definition) is 1. The quantitative estimate of drug-likeness (QED) is 0.789. The first kappa shape index (κ1) is 16.3. The van der Waals surface area contributed by atoms with Crippen molar-refractivity contribution >= 4 is 18.0 Å². The average Bonchev–Trinajstić information content (AvgIpc) is 2.71. The van der Waals surface area contributed by atoms with E-state index in [9.17, 15) is 14.4 Å². The topological polar surface area (TPSA) is 93.1 Å². The Balaban J connectivity index is 2.94. The first-order chi connectivity index (χ1) is 9.17. The van der Waals surface area contributed by atoms with Crippen LogP contribution in [-0.2, 0) is 19.1 Å². The summed E-state index contributed by atoms with van der Waals surface area (Å²) in [5.74, 6) is -1.75. The van der Waals surface area contributed by atoms with Crippen LogP contribution < -0.4 is 0 Å². The van der Waals surface area contributed by atoms with Crippen molar-refractivity contribution in [1.82, 2.24) is 4.90 Å². The fraction of sp³-hybridized carbons (Fsp3) is 0.769. The number of likely N-dealkylation sites (tertiary alicyclic amines) is 1. The molecule has 114 valence electrons. The lowest BCUT2D eigenvalue weighted by Gasteiger charge is -2.30. The Morgan fingerprint density at radius 2 is 1.75 bits per heavy atom. The van der Waals surface area contributed by atoms with Crippen LogP contribution in [0.1, 0.15) is 40.5 Å². The van der Waals surface area contributed by atoms with Crippen molar-refractivity contribution in [2.45, 2.75) is 58.2 Å². The molecule has 1 aliphatic heterocycles. The van der Waals surface area contributed by atoms with Gasteiger partial charge in [-0.3, -0.25) is 4.90 Å². The summed E-state index contributed by atoms with van der Waals surface area (Å²) in [4.78, 5) is 36.1. The van der Waals surface area contributed by atoms with Crippen molar-refractivity contribution in [3.05, 3.63) is 0 Å². The third-order valence-electron chi connectivity index (χ3n) is 2.83. The van der Waals surface area contributed by atoms with Crippen LogP contribution >= 0.6 is 0 Å². The Morgan fingerprint density at radius 1 is 1.20 bits per heavy atom. The minimum Gasteiger partial charge on any atom is -0.480 e. The molecule has 1 rings (SSSR count). The lowest BCUT2D eigenvalue weighted by molar-refractivity contribution is -0.150. The number of esters is 1. The standard InChI is InChI=1S/C13H21NO6/c1-5-19-11(17)9-7-6-8(10(15)16)14(9)12(18)20-13(2,3)4/h8-9H,5-7H2,1-4H3,(H,15,16)/t8-,9-/m0/s1. The summed E-state index contributed by atoms with van der Waals surface area (Å²) in [6.45, 7) is 6.86. The molecule has 1 N–H and O–H groups in total. The second kappa shape index (κ2) is 6.11. The van der Waals surface area contributed by atoms with Gasteiger partial charge in [-0.25, -0.2) is 14.4 Å². The summed E-state index contributed by atoms with van der Waals surface area (Å²) in [5.41, 5.74) is -0.762. The van der Waals surface area contributed by atoms with Gasteiger partial charge in [0.25, 0.3) is 0 Å². The van der Waals surface area contributed by atoms with E-state index in [0.29, 0.717) is 0 Å². The molecule has 7 nitrogen and oxygen atoms in total. The molecule has 0 aromatic carbocycles. The smallest absolute Gasteiger partial charge is 0.411 e. The Bertz CT molecular complexity index is 400. The number of amides is 1. The number of aliphatic carboxylic acids is 1. The van der Waals surface area contributed by atoms with Crippen molar-refractivity contribution < 1.29 is 29.0 Å². The molecule has 0 radical (unpaired) electrons. The summed E-state index contributed by atoms with van der Waals surface area (Å²) in [6.07, 6.45) is -0.340. The Labute approximate surface area is 117 Å². The molecule has 2 atom stereocenters. The number of ether oxygens (including phenoxy) is 2. The summed E-state index contributed by atoms with van der Waals surface area (Å²) in [7, 11) is 0. The van der Waals surface area contributed by atoms with E-state index < -0.39 is 35.7 Å². The number of carboxylic acids is 1. The number of rotatable bonds is 3. The Kier molecular flexibility index (Phi) is 4.97. The minimum atomic E-state index is -1.15. The van der Waals surface area contributed by atoms with Crippen molar-refractivity contribution in [3.8, 4) is 0 Å². The summed E-state index contributed by atoms with van der Waals surface area (Å²) in [6, 6.07) is -1.95. The molecule has 0 aromatic heterocycles. The molecule has 7 heteroatoms. The lowest BCUT2D eigenvalue weighted by atomic mass is 10.2. The molecule has 0 aliphatic carbocycles. The number of carboxylic acid groups (broad SMARTS) is 1. The van der Waals surface area contributed by atoms with Gasteiger partial charge in [-0.15, -0.1) is 0 Å². The third-order valence-corrected chi connectivity index (χ3v) is 2.83. The maximum atomic E-state index is 12.1. The van der Waals surface area contributed by atoms with Crippen LogP contribution in [-0.4, -0.2) is 52.3 Å². The zero-order chi connectivity index (χ0) is 15.5. The molecule has 1 heterocycles. The zero-order valence-electron chi connectivity index (χ0n) is 12.2. The molecule has 0 unspecified atom stereocenters. The molecular weight excluding hydrogens is 266 g/mol. The van der Waals surface area contributed by atoms with Crippen LogP contribution in [0.15, 0.2) is 0 Å². The number of hydrogen-bond acceptors (Lipinski definition) is 5. The molecule has 0 saturated carbocycles. The molecule has 1 aliphatic rings. The summed E-state index contributed by atoms with van der Waals surface area (Å²) in [5, 5.41) is 9.16. The Hall–Kier alpha value is -1.79. The van der Waals surface area contributed by atoms with Crippen LogP contribution in [0.2, 0.25) is 0 Å². The number of carbonyl (C=O) groups excluding carboxylic acids is 2. The molecule has 1 amide bonds. The van der Waals surface area contributed by atoms with E-state index in [1.807, 2.05) is 0 Å². The van der Waals surface area contributed by atoms with Crippen LogP contribution in [0.4, 0.5) is 4.79 Å². The fourth-order valence-corrected chi connectivity index (χ4v) is 2.09. The van der Waals surface area contributed by atoms with Gasteiger partial charge in [-0.05, 0) is 40.5 Å². The van der Waals surface area contributed by atoms with E-state index in [-0.39, 0.29) is 19.4 Å². The molecule has 0 aromatic rings. The molecule has 20 heavy (non-hydrogen) atoms. The van der Waals surface area contributed by atoms with E-state index in [4.69, 9.17) is 14.6 Å². The fourth-order valence-electron chi connectivity index (χ4n) is 2.09. The second-order valence-electron chi connectivity index (χ2n) is 5.59. The van der Waals surface area contributed by atoms with Gasteiger partial charge >= 0.3 is 18.0 Å². The van der Waals surface area contributed by atoms with Gasteiger partial charge in [0.1, 0.15) is 17.7 Å². The maximum absolute atomic E-state index is 12.1. The monoisotopic (exact) mass is 287 g/mol. The first-order valence-electron chi connectivity index (χ1n) is 6.58. The largest absolute Gasteiger partial charge is 0.480 e. The van der Waals surface area contributed by atoms with Crippen LogP contribution in [0.3, 0.4) is 0 Å². The van der Waals surface area contributed by atoms with Gasteiger partial charge in [-0.2, -0.15) is 0 Å². The SMILES string of the molecule is CCOC(=O)[C@@H]1CC[C@@H](C(=O)O)N1C(=O)OC(C)(C)C. The van der Waals surface area contributed by atoms with Crippen molar-refractivity contribution in [2.24, 2.45) is 0 Å². The third kappa shape index (κ3) is 3.85. The van der Waals surface area contributed by atoms with E-state index in [0.717, 1.165) is 4.90 Å². The average molecular weight is 287 g/mol. The van der Waals surface area contributed by atoms with Crippen molar-refractivity contribution in [1.29, 1.82) is 0 Å². The zero-order valence-corrected chi connectivity index (χ0v) is 12.2. The maximum Gasteiger partial charge on any atom is 0.411 e. The van der Waals surface area contributed by atoms with Gasteiger partial charge in [0.05, 0.1) is 6.61 Å². The number of nitrogens with zero attached hydrogens (tertiary/aromatic N) is 1. The molecular formula is C13H21NO6. The predicted octanol–water partition coefficient (Wildman–Crippen LogP) is 1.40. The van der Waals surface area contributed by atoms with E-state index in [2.05, 4.69) is 0 Å². The normalized spacial score (nSPS) is 22.5. The summed E-state index contributed by atoms with van der Waals surface area (Å²) < 4.78 is 10.1. The number of carbonyl (C=O) groups is 3. The van der Waals surface area contributed by atoms with E-state index in [1.54, 1.807) is 27.7 Å². The Morgan fingerprint density at radius 3 is 2.20 bits per heavy atom. The highest BCUT2D eigenvalue weighted by atomic mass is 16.6. The van der Waals surface area contributed by atoms with Crippen LogP contribution in [0, 0.1) is 0 Å².